The zero-order valence-corrected chi connectivity index (χ0v) is 21.5. The van der Waals surface area contributed by atoms with Crippen LogP contribution in [0.4, 0.5) is 20.6 Å². The summed E-state index contributed by atoms with van der Waals surface area (Å²) in [6, 6.07) is 12.4. The Bertz CT molecular complexity index is 1190. The van der Waals surface area contributed by atoms with Gasteiger partial charge in [-0.25, -0.2) is 14.0 Å². The number of aliphatic carboxylic acids is 1. The van der Waals surface area contributed by atoms with E-state index in [0.29, 0.717) is 49.8 Å². The summed E-state index contributed by atoms with van der Waals surface area (Å²) in [6.07, 6.45) is 1.11. The molecule has 0 radical (unpaired) electrons. The SMILES string of the molecule is O=C(NC(CNC(=O)C1CCN(c2cc(F)cc(NC3=NCCCN3)c2)CC1)C(=O)O)OCc1ccccc1. The minimum Gasteiger partial charge on any atom is -0.480 e. The third-order valence-electron chi connectivity index (χ3n) is 6.56. The van der Waals surface area contributed by atoms with Crippen LogP contribution in [0.3, 0.4) is 0 Å². The van der Waals surface area contributed by atoms with E-state index in [1.807, 2.05) is 17.0 Å². The maximum Gasteiger partial charge on any atom is 0.408 e. The van der Waals surface area contributed by atoms with Crippen LogP contribution in [0.25, 0.3) is 0 Å². The molecule has 1 fully saturated rings. The number of benzene rings is 2. The van der Waals surface area contributed by atoms with Crippen LogP contribution in [0, 0.1) is 11.7 Å². The number of aliphatic imine (C=N–C) groups is 1. The van der Waals surface area contributed by atoms with Gasteiger partial charge in [0.05, 0.1) is 0 Å². The van der Waals surface area contributed by atoms with Gasteiger partial charge in [0.2, 0.25) is 5.91 Å². The maximum atomic E-state index is 14.3. The average molecular weight is 541 g/mol. The van der Waals surface area contributed by atoms with Gasteiger partial charge in [-0.1, -0.05) is 30.3 Å². The second kappa shape index (κ2) is 13.4. The lowest BCUT2D eigenvalue weighted by atomic mass is 9.95. The van der Waals surface area contributed by atoms with E-state index in [0.717, 1.165) is 18.5 Å². The van der Waals surface area contributed by atoms with Crippen molar-refractivity contribution in [2.75, 3.05) is 42.9 Å². The first-order valence-electron chi connectivity index (χ1n) is 13.0. The molecule has 5 N–H and O–H groups in total. The highest BCUT2D eigenvalue weighted by Gasteiger charge is 2.28. The number of amides is 2. The Labute approximate surface area is 225 Å². The number of alkyl carbamates (subject to hydrolysis) is 1. The van der Waals surface area contributed by atoms with Crippen LogP contribution < -0.4 is 26.2 Å². The van der Waals surface area contributed by atoms with Gasteiger partial charge in [-0.15, -0.1) is 0 Å². The van der Waals surface area contributed by atoms with E-state index >= 15 is 0 Å². The van der Waals surface area contributed by atoms with Crippen molar-refractivity contribution >= 4 is 35.3 Å². The summed E-state index contributed by atoms with van der Waals surface area (Å²) in [7, 11) is 0. The summed E-state index contributed by atoms with van der Waals surface area (Å²) < 4.78 is 19.4. The van der Waals surface area contributed by atoms with Crippen molar-refractivity contribution in [3.8, 4) is 0 Å². The Balaban J connectivity index is 1.23. The summed E-state index contributed by atoms with van der Waals surface area (Å²) >= 11 is 0. The highest BCUT2D eigenvalue weighted by molar-refractivity contribution is 5.94. The zero-order chi connectivity index (χ0) is 27.6. The maximum absolute atomic E-state index is 14.3. The molecule has 2 aliphatic heterocycles. The van der Waals surface area contributed by atoms with Crippen LogP contribution in [0.15, 0.2) is 53.5 Å². The molecule has 0 aromatic heterocycles. The number of nitrogens with zero attached hydrogens (tertiary/aromatic N) is 2. The predicted molar refractivity (Wildman–Crippen MR) is 144 cm³/mol. The minimum atomic E-state index is -1.33. The number of carbonyl (C=O) groups excluding carboxylic acids is 2. The van der Waals surface area contributed by atoms with Crippen molar-refractivity contribution in [2.45, 2.75) is 31.9 Å². The molecule has 208 valence electrons. The first-order valence-corrected chi connectivity index (χ1v) is 13.0. The Hall–Kier alpha value is -4.35. The Morgan fingerprint density at radius 2 is 1.92 bits per heavy atom. The molecule has 2 aliphatic rings. The molecule has 0 aliphatic carbocycles. The Kier molecular flexibility index (Phi) is 9.54. The topological polar surface area (TPSA) is 144 Å². The molecule has 1 atom stereocenters. The van der Waals surface area contributed by atoms with Crippen molar-refractivity contribution in [3.63, 3.8) is 0 Å². The fourth-order valence-corrected chi connectivity index (χ4v) is 4.44. The molecule has 2 aromatic carbocycles. The van der Waals surface area contributed by atoms with E-state index in [4.69, 9.17) is 4.74 Å². The molecule has 4 rings (SSSR count). The van der Waals surface area contributed by atoms with Crippen molar-refractivity contribution in [1.29, 1.82) is 0 Å². The molecule has 2 aromatic rings. The highest BCUT2D eigenvalue weighted by atomic mass is 19.1. The normalized spacial score (nSPS) is 16.3. The molecule has 12 heteroatoms. The lowest BCUT2D eigenvalue weighted by molar-refractivity contribution is -0.139. The van der Waals surface area contributed by atoms with E-state index in [1.54, 1.807) is 24.3 Å². The monoisotopic (exact) mass is 540 g/mol. The van der Waals surface area contributed by atoms with Crippen molar-refractivity contribution in [2.24, 2.45) is 10.9 Å². The zero-order valence-electron chi connectivity index (χ0n) is 21.5. The van der Waals surface area contributed by atoms with Crippen molar-refractivity contribution in [3.05, 3.63) is 59.9 Å². The predicted octanol–water partition coefficient (Wildman–Crippen LogP) is 2.30. The van der Waals surface area contributed by atoms with Gasteiger partial charge in [0.15, 0.2) is 5.96 Å². The van der Waals surface area contributed by atoms with Crippen LogP contribution in [0.5, 0.6) is 0 Å². The van der Waals surface area contributed by atoms with Crippen LogP contribution in [0.2, 0.25) is 0 Å². The first kappa shape index (κ1) is 27.7. The van der Waals surface area contributed by atoms with E-state index in [2.05, 4.69) is 26.3 Å². The number of anilines is 2. The number of nitrogens with one attached hydrogen (secondary N) is 4. The van der Waals surface area contributed by atoms with Gasteiger partial charge >= 0.3 is 12.1 Å². The molecule has 1 saturated heterocycles. The fourth-order valence-electron chi connectivity index (χ4n) is 4.44. The van der Waals surface area contributed by atoms with Gasteiger partial charge < -0.3 is 36.0 Å². The van der Waals surface area contributed by atoms with Gasteiger partial charge in [0.1, 0.15) is 18.5 Å². The molecule has 1 unspecified atom stereocenters. The van der Waals surface area contributed by atoms with E-state index in [1.165, 1.54) is 12.1 Å². The van der Waals surface area contributed by atoms with Crippen LogP contribution in [0.1, 0.15) is 24.8 Å². The molecule has 11 nitrogen and oxygen atoms in total. The molecular formula is C27H33FN6O5. The van der Waals surface area contributed by atoms with E-state index < -0.39 is 18.1 Å². The number of carboxylic acids is 1. The second-order valence-corrected chi connectivity index (χ2v) is 9.44. The molecule has 0 saturated carbocycles. The highest BCUT2D eigenvalue weighted by Crippen LogP contribution is 2.27. The molecule has 39 heavy (non-hydrogen) atoms. The summed E-state index contributed by atoms with van der Waals surface area (Å²) in [6.45, 7) is 2.32. The van der Waals surface area contributed by atoms with Crippen LogP contribution in [-0.2, 0) is 20.9 Å². The largest absolute Gasteiger partial charge is 0.480 e. The number of carboxylic acid groups (broad SMARTS) is 1. The first-order chi connectivity index (χ1) is 18.9. The number of piperidine rings is 1. The number of halogens is 1. The van der Waals surface area contributed by atoms with Crippen molar-refractivity contribution in [1.82, 2.24) is 16.0 Å². The lowest BCUT2D eigenvalue weighted by Gasteiger charge is -2.33. The van der Waals surface area contributed by atoms with Crippen molar-refractivity contribution < 1.29 is 28.6 Å². The Morgan fingerprint density at radius 1 is 1.15 bits per heavy atom. The van der Waals surface area contributed by atoms with Gasteiger partial charge in [0, 0.05) is 50.0 Å². The van der Waals surface area contributed by atoms with Gasteiger partial charge in [-0.3, -0.25) is 9.79 Å². The standard InChI is InChI=1S/C27H33FN6O5/c28-20-13-21(32-26-29-9-4-10-30-26)15-22(14-20)34-11-7-19(8-12-34)24(35)31-16-23(25(36)37)33-27(38)39-17-18-5-2-1-3-6-18/h1-3,5-6,13-15,19,23H,4,7-12,16-17H2,(H,31,35)(H,33,38)(H,36,37)(H2,29,30,32). The molecule has 2 heterocycles. The summed E-state index contributed by atoms with van der Waals surface area (Å²) in [5, 5.41) is 20.6. The van der Waals surface area contributed by atoms with Gasteiger partial charge in [-0.2, -0.15) is 0 Å². The number of hydrogen-bond donors (Lipinski definition) is 5. The van der Waals surface area contributed by atoms with E-state index in [-0.39, 0.29) is 30.8 Å². The lowest BCUT2D eigenvalue weighted by Crippen LogP contribution is -2.50. The second-order valence-electron chi connectivity index (χ2n) is 9.44. The minimum absolute atomic E-state index is 0.00153. The van der Waals surface area contributed by atoms with Crippen LogP contribution in [-0.4, -0.2) is 67.8 Å². The van der Waals surface area contributed by atoms with Gasteiger partial charge in [0.25, 0.3) is 0 Å². The molecular weight excluding hydrogens is 507 g/mol. The smallest absolute Gasteiger partial charge is 0.408 e. The number of hydrogen-bond acceptors (Lipinski definition) is 8. The quantitative estimate of drug-likeness (QED) is 0.326. The van der Waals surface area contributed by atoms with Crippen LogP contribution >= 0.6 is 0 Å². The van der Waals surface area contributed by atoms with Gasteiger partial charge in [-0.05, 0) is 43.0 Å². The fraction of sp³-hybridized carbons (Fsp3) is 0.407. The average Bonchev–Trinajstić information content (AvgIpc) is 2.94. The third kappa shape index (κ3) is 8.32. The number of rotatable bonds is 9. The molecule has 0 spiro atoms. The third-order valence-corrected chi connectivity index (χ3v) is 6.56. The number of ether oxygens (including phenoxy) is 1. The summed E-state index contributed by atoms with van der Waals surface area (Å²) in [4.78, 5) is 42.8. The molecule has 0 bridgehead atoms. The summed E-state index contributed by atoms with van der Waals surface area (Å²) in [5.41, 5.74) is 2.06. The number of carbonyl (C=O) groups is 3. The number of guanidine groups is 1. The molecule has 2 amide bonds. The van der Waals surface area contributed by atoms with E-state index in [9.17, 15) is 23.9 Å². The summed E-state index contributed by atoms with van der Waals surface area (Å²) in [5.74, 6) is -1.66. The Morgan fingerprint density at radius 3 is 2.62 bits per heavy atom.